The van der Waals surface area contributed by atoms with Gasteiger partial charge < -0.3 is 4.84 Å². The van der Waals surface area contributed by atoms with Gasteiger partial charge in [0.25, 0.3) is 0 Å². The molecule has 0 aromatic carbocycles. The highest BCUT2D eigenvalue weighted by atomic mass is 16.6. The van der Waals surface area contributed by atoms with Crippen LogP contribution in [0.15, 0.2) is 29.7 Å². The van der Waals surface area contributed by atoms with E-state index in [0.717, 1.165) is 12.3 Å². The van der Waals surface area contributed by atoms with Gasteiger partial charge in [-0.05, 0) is 36.8 Å². The normalized spacial score (nSPS) is 12.6. The summed E-state index contributed by atoms with van der Waals surface area (Å²) in [7, 11) is 1.60. The molecule has 0 N–H and O–H groups in total. The van der Waals surface area contributed by atoms with Crippen LogP contribution in [0.4, 0.5) is 0 Å². The highest BCUT2D eigenvalue weighted by Gasteiger charge is 2.00. The second-order valence-corrected chi connectivity index (χ2v) is 6.19. The van der Waals surface area contributed by atoms with Gasteiger partial charge in [-0.3, -0.25) is 4.98 Å². The van der Waals surface area contributed by atoms with Crippen molar-refractivity contribution in [2.24, 2.45) is 11.1 Å². The summed E-state index contributed by atoms with van der Waals surface area (Å²) in [5, 5.41) is 3.79. The number of aromatic nitrogens is 1. The second-order valence-electron chi connectivity index (χ2n) is 6.19. The van der Waals surface area contributed by atoms with E-state index in [1.165, 1.54) is 63.4 Å². The summed E-state index contributed by atoms with van der Waals surface area (Å²) in [5.74, 6) is 0.721. The van der Waals surface area contributed by atoms with Gasteiger partial charge in [0.15, 0.2) is 0 Å². The number of nitrogens with zero attached hydrogens (tertiary/aromatic N) is 2. The van der Waals surface area contributed by atoms with Gasteiger partial charge in [0.1, 0.15) is 7.11 Å². The first-order valence-electron chi connectivity index (χ1n) is 8.77. The molecule has 0 aliphatic heterocycles. The van der Waals surface area contributed by atoms with Crippen molar-refractivity contribution < 1.29 is 4.84 Å². The lowest BCUT2D eigenvalue weighted by atomic mass is 9.99. The molecule has 0 aliphatic rings. The lowest BCUT2D eigenvalue weighted by molar-refractivity contribution is 0.214. The first-order chi connectivity index (χ1) is 10.8. The topological polar surface area (TPSA) is 34.5 Å². The van der Waals surface area contributed by atoms with Gasteiger partial charge in [-0.2, -0.15) is 0 Å². The highest BCUT2D eigenvalue weighted by Crippen LogP contribution is 2.14. The lowest BCUT2D eigenvalue weighted by Gasteiger charge is -2.07. The van der Waals surface area contributed by atoms with Gasteiger partial charge in [0, 0.05) is 18.6 Å². The quantitative estimate of drug-likeness (QED) is 0.278. The average Bonchev–Trinajstić information content (AvgIpc) is 2.54. The summed E-state index contributed by atoms with van der Waals surface area (Å²) in [6, 6.07) is 4.20. The smallest absolute Gasteiger partial charge is 0.106 e. The molecule has 0 saturated carbocycles. The van der Waals surface area contributed by atoms with E-state index in [0.29, 0.717) is 0 Å². The SMILES string of the molecule is CO/N=C\CC(C)CCCCCCCCCc1cccnc1. The van der Waals surface area contributed by atoms with Crippen molar-refractivity contribution in [2.75, 3.05) is 7.11 Å². The predicted molar refractivity (Wildman–Crippen MR) is 94.2 cm³/mol. The van der Waals surface area contributed by atoms with Crippen LogP contribution >= 0.6 is 0 Å². The van der Waals surface area contributed by atoms with E-state index >= 15 is 0 Å². The Balaban J connectivity index is 1.84. The van der Waals surface area contributed by atoms with Crippen LogP contribution < -0.4 is 0 Å². The maximum absolute atomic E-state index is 4.68. The number of rotatable bonds is 13. The monoisotopic (exact) mass is 304 g/mol. The molecular formula is C19H32N2O. The van der Waals surface area contributed by atoms with Crippen LogP contribution in [0, 0.1) is 5.92 Å². The fourth-order valence-corrected chi connectivity index (χ4v) is 2.67. The van der Waals surface area contributed by atoms with E-state index in [2.05, 4.69) is 28.0 Å². The molecule has 0 aliphatic carbocycles. The largest absolute Gasteiger partial charge is 0.399 e. The Morgan fingerprint density at radius 1 is 1.14 bits per heavy atom. The van der Waals surface area contributed by atoms with E-state index in [1.54, 1.807) is 7.11 Å². The molecule has 0 spiro atoms. The number of oxime groups is 1. The van der Waals surface area contributed by atoms with Crippen LogP contribution in [0.25, 0.3) is 0 Å². The van der Waals surface area contributed by atoms with Gasteiger partial charge in [0.2, 0.25) is 0 Å². The Hall–Kier alpha value is -1.38. The summed E-state index contributed by atoms with van der Waals surface area (Å²) < 4.78 is 0. The molecular weight excluding hydrogens is 272 g/mol. The Morgan fingerprint density at radius 3 is 2.55 bits per heavy atom. The summed E-state index contributed by atoms with van der Waals surface area (Å²) in [6.45, 7) is 2.29. The van der Waals surface area contributed by atoms with E-state index in [1.807, 2.05) is 24.7 Å². The third-order valence-corrected chi connectivity index (χ3v) is 4.07. The molecule has 1 rings (SSSR count). The Morgan fingerprint density at radius 2 is 1.86 bits per heavy atom. The van der Waals surface area contributed by atoms with Gasteiger partial charge >= 0.3 is 0 Å². The van der Waals surface area contributed by atoms with Gasteiger partial charge in [-0.15, -0.1) is 0 Å². The van der Waals surface area contributed by atoms with E-state index < -0.39 is 0 Å². The molecule has 1 aromatic heterocycles. The predicted octanol–water partition coefficient (Wildman–Crippen LogP) is 5.40. The third-order valence-electron chi connectivity index (χ3n) is 4.07. The Labute approximate surface area is 136 Å². The molecule has 1 atom stereocenters. The fraction of sp³-hybridized carbons (Fsp3) is 0.684. The van der Waals surface area contributed by atoms with Crippen molar-refractivity contribution in [3.63, 3.8) is 0 Å². The van der Waals surface area contributed by atoms with Crippen molar-refractivity contribution in [1.82, 2.24) is 4.98 Å². The number of hydrogen-bond acceptors (Lipinski definition) is 3. The molecule has 0 amide bonds. The van der Waals surface area contributed by atoms with Gasteiger partial charge in [-0.25, -0.2) is 0 Å². The summed E-state index contributed by atoms with van der Waals surface area (Å²) in [5.41, 5.74) is 1.37. The standard InChI is InChI=1S/C19H32N2O/c1-18(14-16-21-22-2)11-8-6-4-3-5-7-9-12-19-13-10-15-20-17-19/h10,13,15-18H,3-9,11-12,14H2,1-2H3/b21-16-. The van der Waals surface area contributed by atoms with E-state index in [4.69, 9.17) is 0 Å². The molecule has 0 fully saturated rings. The van der Waals surface area contributed by atoms with Crippen molar-refractivity contribution in [3.8, 4) is 0 Å². The second kappa shape index (κ2) is 13.3. The average molecular weight is 304 g/mol. The van der Waals surface area contributed by atoms with Crippen molar-refractivity contribution in [3.05, 3.63) is 30.1 Å². The maximum atomic E-state index is 4.68. The minimum atomic E-state index is 0.721. The first-order valence-corrected chi connectivity index (χ1v) is 8.77. The van der Waals surface area contributed by atoms with Crippen LogP contribution in [0.1, 0.15) is 70.3 Å². The Kier molecular flexibility index (Phi) is 11.3. The number of hydrogen-bond donors (Lipinski definition) is 0. The highest BCUT2D eigenvalue weighted by molar-refractivity contribution is 5.56. The molecule has 3 nitrogen and oxygen atoms in total. The summed E-state index contributed by atoms with van der Waals surface area (Å²) in [6.07, 6.45) is 18.7. The molecule has 1 unspecified atom stereocenters. The van der Waals surface area contributed by atoms with Crippen LogP contribution in [0.5, 0.6) is 0 Å². The zero-order chi connectivity index (χ0) is 15.9. The molecule has 3 heteroatoms. The van der Waals surface area contributed by atoms with Gasteiger partial charge in [-0.1, -0.05) is 63.1 Å². The minimum Gasteiger partial charge on any atom is -0.399 e. The molecule has 22 heavy (non-hydrogen) atoms. The van der Waals surface area contributed by atoms with Crippen LogP contribution in [-0.2, 0) is 11.3 Å². The van der Waals surface area contributed by atoms with Gasteiger partial charge in [0.05, 0.1) is 0 Å². The van der Waals surface area contributed by atoms with Crippen LogP contribution in [0.2, 0.25) is 0 Å². The summed E-state index contributed by atoms with van der Waals surface area (Å²) in [4.78, 5) is 8.83. The van der Waals surface area contributed by atoms with Crippen LogP contribution in [0.3, 0.4) is 0 Å². The Bertz CT molecular complexity index is 378. The molecule has 0 saturated heterocycles. The zero-order valence-corrected chi connectivity index (χ0v) is 14.3. The number of aryl methyl sites for hydroxylation is 1. The van der Waals surface area contributed by atoms with E-state index in [-0.39, 0.29) is 0 Å². The molecule has 1 aromatic rings. The number of unbranched alkanes of at least 4 members (excludes halogenated alkanes) is 6. The van der Waals surface area contributed by atoms with E-state index in [9.17, 15) is 0 Å². The fourth-order valence-electron chi connectivity index (χ4n) is 2.67. The zero-order valence-electron chi connectivity index (χ0n) is 14.3. The molecule has 124 valence electrons. The van der Waals surface area contributed by atoms with Crippen LogP contribution in [-0.4, -0.2) is 18.3 Å². The number of pyridine rings is 1. The lowest BCUT2D eigenvalue weighted by Crippen LogP contribution is -1.95. The minimum absolute atomic E-state index is 0.721. The first kappa shape index (κ1) is 18.7. The molecule has 1 heterocycles. The molecule has 0 bridgehead atoms. The molecule has 0 radical (unpaired) electrons. The van der Waals surface area contributed by atoms with Crippen molar-refractivity contribution >= 4 is 6.21 Å². The van der Waals surface area contributed by atoms with Crippen molar-refractivity contribution in [1.29, 1.82) is 0 Å². The third kappa shape index (κ3) is 10.4. The summed E-state index contributed by atoms with van der Waals surface area (Å²) >= 11 is 0. The maximum Gasteiger partial charge on any atom is 0.106 e. The van der Waals surface area contributed by atoms with Crippen molar-refractivity contribution in [2.45, 2.75) is 71.1 Å².